The van der Waals surface area contributed by atoms with E-state index in [0.29, 0.717) is 27.7 Å². The van der Waals surface area contributed by atoms with Crippen LogP contribution in [0.4, 0.5) is 10.1 Å². The molecule has 7 rings (SSSR count). The smallest absolute Gasteiger partial charge is 0.252 e. The highest BCUT2D eigenvalue weighted by Crippen LogP contribution is 2.60. The van der Waals surface area contributed by atoms with Gasteiger partial charge in [-0.25, -0.2) is 13.4 Å². The summed E-state index contributed by atoms with van der Waals surface area (Å²) in [6.07, 6.45) is 3.32. The molecule has 202 valence electrons. The van der Waals surface area contributed by atoms with E-state index in [9.17, 15) is 13.2 Å². The maximum Gasteiger partial charge on any atom is 0.252 e. The topological polar surface area (TPSA) is 154 Å². The van der Waals surface area contributed by atoms with Crippen LogP contribution in [0.25, 0.3) is 28.1 Å². The molecule has 0 saturated heterocycles. The predicted molar refractivity (Wildman–Crippen MR) is 144 cm³/mol. The van der Waals surface area contributed by atoms with Gasteiger partial charge in [0.2, 0.25) is 5.95 Å². The summed E-state index contributed by atoms with van der Waals surface area (Å²) >= 11 is 6.30. The number of hydrogen-bond donors (Lipinski definition) is 2. The van der Waals surface area contributed by atoms with Crippen LogP contribution in [0, 0.1) is 11.9 Å². The predicted octanol–water partition coefficient (Wildman–Crippen LogP) is 3.37. The molecular weight excluding hydrogens is 559 g/mol. The lowest BCUT2D eigenvalue weighted by Crippen LogP contribution is -2.26. The number of pyridine rings is 1. The number of anilines is 1. The first-order valence-corrected chi connectivity index (χ1v) is 14.5. The lowest BCUT2D eigenvalue weighted by molar-refractivity contribution is 0.504. The number of H-pyrrole nitrogens is 1. The van der Waals surface area contributed by atoms with Crippen molar-refractivity contribution < 1.29 is 12.8 Å². The summed E-state index contributed by atoms with van der Waals surface area (Å²) in [5, 5.41) is 11.9. The van der Waals surface area contributed by atoms with Crippen molar-refractivity contribution >= 4 is 27.1 Å². The Balaban J connectivity index is 1.31. The van der Waals surface area contributed by atoms with Crippen molar-refractivity contribution in [3.63, 3.8) is 0 Å². The van der Waals surface area contributed by atoms with Crippen LogP contribution in [0.15, 0.2) is 64.5 Å². The molecule has 3 unspecified atom stereocenters. The van der Waals surface area contributed by atoms with E-state index in [1.165, 1.54) is 35.3 Å². The normalized spacial score (nSPS) is 19.4. The van der Waals surface area contributed by atoms with E-state index in [-0.39, 0.29) is 39.2 Å². The zero-order valence-corrected chi connectivity index (χ0v) is 22.4. The molecule has 0 radical (unpaired) electrons. The molecular formula is C26H20ClFN8O3S. The number of sulfone groups is 1. The average Bonchev–Trinajstić information content (AvgIpc) is 3.21. The number of nitrogens with two attached hydrogens (primary N) is 1. The van der Waals surface area contributed by atoms with E-state index in [4.69, 9.17) is 17.3 Å². The number of fused-ring (bicyclic) bond motifs is 3. The van der Waals surface area contributed by atoms with Crippen LogP contribution in [0.1, 0.15) is 29.9 Å². The van der Waals surface area contributed by atoms with Gasteiger partial charge in [0.25, 0.3) is 5.56 Å². The van der Waals surface area contributed by atoms with Gasteiger partial charge in [0.15, 0.2) is 9.84 Å². The highest BCUT2D eigenvalue weighted by molar-refractivity contribution is 7.90. The lowest BCUT2D eigenvalue weighted by atomic mass is 10.0. The second kappa shape index (κ2) is 8.57. The van der Waals surface area contributed by atoms with Gasteiger partial charge in [0.1, 0.15) is 17.8 Å². The average molecular weight is 579 g/mol. The van der Waals surface area contributed by atoms with Crippen molar-refractivity contribution in [3.8, 4) is 28.1 Å². The number of imidazole rings is 1. The number of nitrogens with one attached hydrogen (secondary N) is 1. The molecule has 5 aromatic rings. The molecule has 3 N–H and O–H groups in total. The van der Waals surface area contributed by atoms with Gasteiger partial charge in [-0.1, -0.05) is 17.7 Å². The SMILES string of the molecule is CS(=O)(=O)c1cc(-c2nc(C3C4CC4c4cc(-c5cc(Cl)ccc5-n5cnnn5)cc(=O)n43)[nH]c2F)ccc1N. The Morgan fingerprint density at radius 1 is 1.12 bits per heavy atom. The molecule has 0 bridgehead atoms. The first kappa shape index (κ1) is 24.7. The number of tetrazole rings is 1. The van der Waals surface area contributed by atoms with Crippen LogP contribution in [0.3, 0.4) is 0 Å². The number of nitrogen functional groups attached to an aromatic ring is 1. The third kappa shape index (κ3) is 3.84. The van der Waals surface area contributed by atoms with Gasteiger partial charge < -0.3 is 15.3 Å². The van der Waals surface area contributed by atoms with Crippen molar-refractivity contribution in [2.45, 2.75) is 23.3 Å². The quantitative estimate of drug-likeness (QED) is 0.301. The number of aromatic amines is 1. The van der Waals surface area contributed by atoms with E-state index in [2.05, 4.69) is 25.5 Å². The highest BCUT2D eigenvalue weighted by Gasteiger charge is 2.54. The van der Waals surface area contributed by atoms with Gasteiger partial charge in [0, 0.05) is 40.1 Å². The molecule has 1 saturated carbocycles. The highest BCUT2D eigenvalue weighted by atomic mass is 35.5. The van der Waals surface area contributed by atoms with Crippen molar-refractivity contribution in [1.29, 1.82) is 0 Å². The minimum Gasteiger partial charge on any atom is -0.398 e. The Hall–Kier alpha value is -4.36. The minimum absolute atomic E-state index is 0.0415. The molecule has 1 aliphatic carbocycles. The molecule has 0 spiro atoms. The molecule has 14 heteroatoms. The molecule has 2 aromatic carbocycles. The molecule has 3 aromatic heterocycles. The zero-order chi connectivity index (χ0) is 27.9. The van der Waals surface area contributed by atoms with Crippen LogP contribution in [-0.2, 0) is 9.84 Å². The fourth-order valence-electron chi connectivity index (χ4n) is 5.67. The maximum atomic E-state index is 15.2. The molecule has 1 fully saturated rings. The van der Waals surface area contributed by atoms with Gasteiger partial charge in [-0.15, -0.1) is 5.10 Å². The Morgan fingerprint density at radius 2 is 1.95 bits per heavy atom. The van der Waals surface area contributed by atoms with Gasteiger partial charge in [-0.3, -0.25) is 4.79 Å². The molecule has 40 heavy (non-hydrogen) atoms. The standard InChI is InChI=1S/C26H20ClFN8O3S/c1-40(38,39)21-7-12(2-4-18(21)29)23-25(28)32-26(31-23)24-17-10-16(17)20-6-13(8-22(37)36(20)24)15-9-14(27)3-5-19(15)35-11-30-33-34-35/h2-9,11,16-17,24H,10,29H2,1H3,(H,31,32). The minimum atomic E-state index is -3.63. The fraction of sp³-hybridized carbons (Fsp3) is 0.192. The van der Waals surface area contributed by atoms with Crippen molar-refractivity contribution in [3.05, 3.63) is 87.7 Å². The van der Waals surface area contributed by atoms with Crippen molar-refractivity contribution in [2.75, 3.05) is 12.0 Å². The van der Waals surface area contributed by atoms with Crippen molar-refractivity contribution in [2.24, 2.45) is 5.92 Å². The summed E-state index contributed by atoms with van der Waals surface area (Å²) in [6, 6.07) is 12.5. The van der Waals surface area contributed by atoms with Crippen LogP contribution >= 0.6 is 11.6 Å². The second-order valence-electron chi connectivity index (χ2n) is 10.1. The summed E-state index contributed by atoms with van der Waals surface area (Å²) in [6.45, 7) is 0. The van der Waals surface area contributed by atoms with Gasteiger partial charge in [-0.2, -0.15) is 9.07 Å². The lowest BCUT2D eigenvalue weighted by Gasteiger charge is -2.17. The first-order valence-electron chi connectivity index (χ1n) is 12.3. The van der Waals surface area contributed by atoms with Crippen LogP contribution in [0.5, 0.6) is 0 Å². The maximum absolute atomic E-state index is 15.2. The molecule has 2 aliphatic rings. The summed E-state index contributed by atoms with van der Waals surface area (Å²) in [5.74, 6) is -0.251. The Labute approximate surface area is 231 Å². The molecule has 4 heterocycles. The third-order valence-corrected chi connectivity index (χ3v) is 8.90. The number of nitrogens with zero attached hydrogens (tertiary/aromatic N) is 6. The van der Waals surface area contributed by atoms with Gasteiger partial charge in [-0.05, 0) is 64.7 Å². The van der Waals surface area contributed by atoms with Gasteiger partial charge in [0.05, 0.1) is 22.3 Å². The summed E-state index contributed by atoms with van der Waals surface area (Å²) in [4.78, 5) is 20.7. The van der Waals surface area contributed by atoms with E-state index in [1.54, 1.807) is 22.8 Å². The fourth-order valence-corrected chi connectivity index (χ4v) is 6.68. The van der Waals surface area contributed by atoms with E-state index in [0.717, 1.165) is 18.4 Å². The number of rotatable bonds is 5. The van der Waals surface area contributed by atoms with Crippen LogP contribution < -0.4 is 11.3 Å². The van der Waals surface area contributed by atoms with Crippen LogP contribution in [0.2, 0.25) is 5.02 Å². The summed E-state index contributed by atoms with van der Waals surface area (Å²) in [7, 11) is -3.63. The molecule has 11 nitrogen and oxygen atoms in total. The first-order chi connectivity index (χ1) is 19.1. The van der Waals surface area contributed by atoms with E-state index >= 15 is 4.39 Å². The Bertz CT molecular complexity index is 2000. The largest absolute Gasteiger partial charge is 0.398 e. The van der Waals surface area contributed by atoms with Gasteiger partial charge >= 0.3 is 0 Å². The van der Waals surface area contributed by atoms with Crippen LogP contribution in [-0.4, -0.2) is 49.4 Å². The molecule has 0 amide bonds. The Morgan fingerprint density at radius 3 is 2.70 bits per heavy atom. The number of halogens is 2. The summed E-state index contributed by atoms with van der Waals surface area (Å²) < 4.78 is 42.6. The van der Waals surface area contributed by atoms with Crippen molar-refractivity contribution in [1.82, 2.24) is 34.7 Å². The second-order valence-corrected chi connectivity index (χ2v) is 12.5. The molecule has 3 atom stereocenters. The van der Waals surface area contributed by atoms with E-state index < -0.39 is 21.8 Å². The monoisotopic (exact) mass is 578 g/mol. The number of benzene rings is 2. The summed E-state index contributed by atoms with van der Waals surface area (Å²) in [5.41, 5.74) is 8.70. The third-order valence-electron chi connectivity index (χ3n) is 7.51. The molecule has 1 aliphatic heterocycles. The number of aromatic nitrogens is 7. The zero-order valence-electron chi connectivity index (χ0n) is 20.8. The Kier molecular flexibility index (Phi) is 5.28. The van der Waals surface area contributed by atoms with E-state index in [1.807, 2.05) is 6.07 Å². The number of hydrogen-bond acceptors (Lipinski definition) is 8.